The molecule has 0 radical (unpaired) electrons. The number of amides is 3. The van der Waals surface area contributed by atoms with Gasteiger partial charge in [-0.05, 0) is 49.2 Å². The van der Waals surface area contributed by atoms with Gasteiger partial charge < -0.3 is 29.9 Å². The maximum atomic E-state index is 14.0. The number of hydrogen-bond donors (Lipinski definition) is 3. The zero-order valence-corrected chi connectivity index (χ0v) is 24.6. The monoisotopic (exact) mass is 625 g/mol. The molecule has 0 fully saturated rings. The van der Waals surface area contributed by atoms with Crippen molar-refractivity contribution < 1.29 is 33.0 Å². The first-order valence-corrected chi connectivity index (χ1v) is 14.2. The Morgan fingerprint density at radius 1 is 1.16 bits per heavy atom. The third-order valence-electron chi connectivity index (χ3n) is 6.34. The highest BCUT2D eigenvalue weighted by Crippen LogP contribution is 2.28. The molecule has 2 aromatic heterocycles. The number of hydrogen-bond acceptors (Lipinski definition) is 7. The SMILES string of the molecule is CN(C)C(=O)C=CCCC(NC(=O)O)C(=O)Nc1cccn(Cc2nc3cccc(COc4ccc(F)cc4F)c3s2)c1=O. The van der Waals surface area contributed by atoms with Crippen molar-refractivity contribution in [3.8, 4) is 5.75 Å². The lowest BCUT2D eigenvalue weighted by Crippen LogP contribution is -2.44. The van der Waals surface area contributed by atoms with Crippen molar-refractivity contribution in [2.45, 2.75) is 32.0 Å². The first-order valence-electron chi connectivity index (χ1n) is 13.3. The molecule has 0 aliphatic carbocycles. The first-order chi connectivity index (χ1) is 21.0. The standard InChI is InChI=1S/C30H29F2N5O6S/c1-36(2)26(38)11-4-3-8-22(35-30(41)42)28(39)34-23-10-6-14-37(29(23)40)16-25-33-21-9-5-7-18(27(21)44-25)17-43-24-13-12-19(31)15-20(24)32/h4-7,9-15,22,35H,3,8,16-17H2,1-2H3,(H,34,39)(H,41,42). The molecule has 14 heteroatoms. The molecule has 0 saturated carbocycles. The summed E-state index contributed by atoms with van der Waals surface area (Å²) in [6.07, 6.45) is 3.29. The lowest BCUT2D eigenvalue weighted by molar-refractivity contribution is -0.123. The van der Waals surface area contributed by atoms with Crippen molar-refractivity contribution in [3.05, 3.63) is 99.4 Å². The van der Waals surface area contributed by atoms with Crippen LogP contribution in [0.1, 0.15) is 23.4 Å². The molecule has 2 heterocycles. The number of carboxylic acid groups (broad SMARTS) is 1. The number of ether oxygens (including phenoxy) is 1. The number of fused-ring (bicyclic) bond motifs is 1. The third kappa shape index (κ3) is 8.25. The molecule has 0 saturated heterocycles. The Bertz CT molecular complexity index is 1770. The zero-order chi connectivity index (χ0) is 31.8. The van der Waals surface area contributed by atoms with E-state index in [2.05, 4.69) is 15.6 Å². The Kier molecular flexibility index (Phi) is 10.4. The second-order valence-corrected chi connectivity index (χ2v) is 10.9. The maximum absolute atomic E-state index is 14.0. The van der Waals surface area contributed by atoms with Gasteiger partial charge in [0.05, 0.1) is 16.8 Å². The van der Waals surface area contributed by atoms with Crippen molar-refractivity contribution in [3.63, 3.8) is 0 Å². The van der Waals surface area contributed by atoms with Crippen LogP contribution in [0.3, 0.4) is 0 Å². The second-order valence-electron chi connectivity index (χ2n) is 9.80. The van der Waals surface area contributed by atoms with Gasteiger partial charge in [-0.3, -0.25) is 14.4 Å². The normalized spacial score (nSPS) is 11.8. The summed E-state index contributed by atoms with van der Waals surface area (Å²) in [6.45, 7) is 0.0898. The Morgan fingerprint density at radius 3 is 2.68 bits per heavy atom. The number of rotatable bonds is 12. The Labute approximate surface area is 254 Å². The van der Waals surface area contributed by atoms with Crippen LogP contribution in [0, 0.1) is 11.6 Å². The van der Waals surface area contributed by atoms with E-state index < -0.39 is 35.2 Å². The number of aromatic nitrogens is 2. The minimum atomic E-state index is -1.41. The van der Waals surface area contributed by atoms with Crippen LogP contribution in [0.15, 0.2) is 71.7 Å². The molecule has 0 aliphatic rings. The Balaban J connectivity index is 1.46. The summed E-state index contributed by atoms with van der Waals surface area (Å²) in [5.41, 5.74) is 0.791. The number of carbonyl (C=O) groups is 3. The van der Waals surface area contributed by atoms with E-state index in [4.69, 9.17) is 4.74 Å². The number of nitrogens with one attached hydrogen (secondary N) is 2. The molecule has 4 rings (SSSR count). The van der Waals surface area contributed by atoms with Crippen LogP contribution in [0.4, 0.5) is 19.3 Å². The highest BCUT2D eigenvalue weighted by atomic mass is 32.1. The largest absolute Gasteiger partial charge is 0.486 e. The molecule has 4 aromatic rings. The highest BCUT2D eigenvalue weighted by molar-refractivity contribution is 7.18. The maximum Gasteiger partial charge on any atom is 0.405 e. The van der Waals surface area contributed by atoms with Crippen LogP contribution < -0.4 is 20.9 Å². The summed E-state index contributed by atoms with van der Waals surface area (Å²) in [5.74, 6) is -2.58. The van der Waals surface area contributed by atoms with Crippen molar-refractivity contribution in [2.75, 3.05) is 19.4 Å². The first kappa shape index (κ1) is 31.8. The topological polar surface area (TPSA) is 143 Å². The predicted molar refractivity (Wildman–Crippen MR) is 161 cm³/mol. The number of pyridine rings is 1. The number of benzene rings is 2. The molecular weight excluding hydrogens is 596 g/mol. The van der Waals surface area contributed by atoms with Crippen LogP contribution >= 0.6 is 11.3 Å². The molecule has 230 valence electrons. The lowest BCUT2D eigenvalue weighted by atomic mass is 10.1. The van der Waals surface area contributed by atoms with E-state index in [-0.39, 0.29) is 43.3 Å². The van der Waals surface area contributed by atoms with Crippen LogP contribution in [0.25, 0.3) is 10.2 Å². The fourth-order valence-corrected chi connectivity index (χ4v) is 5.18. The van der Waals surface area contributed by atoms with Gasteiger partial charge in [0.2, 0.25) is 11.8 Å². The molecule has 0 bridgehead atoms. The van der Waals surface area contributed by atoms with Gasteiger partial charge in [-0.15, -0.1) is 11.3 Å². The fraction of sp³-hybridized carbons (Fsp3) is 0.233. The van der Waals surface area contributed by atoms with Gasteiger partial charge in [0.15, 0.2) is 11.6 Å². The van der Waals surface area contributed by atoms with E-state index in [1.54, 1.807) is 38.4 Å². The molecule has 1 atom stereocenters. The molecule has 11 nitrogen and oxygen atoms in total. The number of carbonyl (C=O) groups excluding carboxylic acids is 2. The minimum absolute atomic E-state index is 0.0102. The second kappa shape index (κ2) is 14.4. The molecular formula is C30H29F2N5O6S. The number of halogens is 2. The average Bonchev–Trinajstić information content (AvgIpc) is 3.39. The summed E-state index contributed by atoms with van der Waals surface area (Å²) in [5, 5.41) is 14.4. The van der Waals surface area contributed by atoms with E-state index in [0.29, 0.717) is 10.5 Å². The molecule has 2 aromatic carbocycles. The Hall–Kier alpha value is -5.11. The summed E-state index contributed by atoms with van der Waals surface area (Å²) >= 11 is 1.31. The van der Waals surface area contributed by atoms with Crippen molar-refractivity contribution in [2.24, 2.45) is 0 Å². The summed E-state index contributed by atoms with van der Waals surface area (Å²) in [6, 6.07) is 10.2. The number of likely N-dealkylation sites (N-methyl/N-ethyl adjacent to an activating group) is 1. The summed E-state index contributed by atoms with van der Waals surface area (Å²) in [7, 11) is 3.18. The molecule has 1 unspecified atom stereocenters. The molecule has 3 amide bonds. The molecule has 0 aliphatic heterocycles. The van der Waals surface area contributed by atoms with Crippen LogP contribution in [-0.4, -0.2) is 57.6 Å². The van der Waals surface area contributed by atoms with E-state index >= 15 is 0 Å². The highest BCUT2D eigenvalue weighted by Gasteiger charge is 2.21. The lowest BCUT2D eigenvalue weighted by Gasteiger charge is -2.16. The van der Waals surface area contributed by atoms with Gasteiger partial charge in [0.25, 0.3) is 5.56 Å². The number of allylic oxidation sites excluding steroid dienone is 1. The van der Waals surface area contributed by atoms with Crippen molar-refractivity contribution in [1.82, 2.24) is 19.8 Å². The quantitative estimate of drug-likeness (QED) is 0.199. The van der Waals surface area contributed by atoms with Gasteiger partial charge in [-0.1, -0.05) is 18.2 Å². The van der Waals surface area contributed by atoms with Gasteiger partial charge >= 0.3 is 6.09 Å². The Morgan fingerprint density at radius 2 is 1.95 bits per heavy atom. The van der Waals surface area contributed by atoms with Gasteiger partial charge in [-0.25, -0.2) is 18.6 Å². The molecule has 0 spiro atoms. The van der Waals surface area contributed by atoms with Gasteiger partial charge in [0.1, 0.15) is 29.2 Å². The van der Waals surface area contributed by atoms with Gasteiger partial charge in [0, 0.05) is 31.9 Å². The van der Waals surface area contributed by atoms with E-state index in [9.17, 15) is 33.1 Å². The van der Waals surface area contributed by atoms with Crippen LogP contribution in [0.5, 0.6) is 5.75 Å². The van der Waals surface area contributed by atoms with Crippen LogP contribution in [-0.2, 0) is 22.7 Å². The minimum Gasteiger partial charge on any atom is -0.486 e. The predicted octanol–water partition coefficient (Wildman–Crippen LogP) is 4.36. The van der Waals surface area contributed by atoms with Crippen LogP contribution in [0.2, 0.25) is 0 Å². The van der Waals surface area contributed by atoms with Gasteiger partial charge in [-0.2, -0.15) is 0 Å². The van der Waals surface area contributed by atoms with E-state index in [1.165, 1.54) is 51.3 Å². The van der Waals surface area contributed by atoms with Crippen molar-refractivity contribution >= 4 is 45.1 Å². The number of nitrogens with zero attached hydrogens (tertiary/aromatic N) is 3. The number of thiazole rings is 1. The summed E-state index contributed by atoms with van der Waals surface area (Å²) < 4.78 is 34.9. The third-order valence-corrected chi connectivity index (χ3v) is 7.47. The van der Waals surface area contributed by atoms with Crippen molar-refractivity contribution in [1.29, 1.82) is 0 Å². The molecule has 44 heavy (non-hydrogen) atoms. The average molecular weight is 626 g/mol. The van der Waals surface area contributed by atoms with E-state index in [0.717, 1.165) is 22.4 Å². The van der Waals surface area contributed by atoms with E-state index in [1.807, 2.05) is 0 Å². The number of anilines is 1. The molecule has 3 N–H and O–H groups in total. The smallest absolute Gasteiger partial charge is 0.405 e. The summed E-state index contributed by atoms with van der Waals surface area (Å²) in [4.78, 5) is 55.1. The fourth-order valence-electron chi connectivity index (χ4n) is 4.12. The zero-order valence-electron chi connectivity index (χ0n) is 23.8.